The molecule has 2 aliphatic rings. The molecule has 1 aliphatic carbocycles. The van der Waals surface area contributed by atoms with Gasteiger partial charge in [0.1, 0.15) is 0 Å². The SMILES string of the molecule is Cl.NCCCOC1CCN(C(=O)CC2CCCC2)CC1. The number of amides is 1. The first-order chi connectivity index (χ1) is 9.29. The number of carbonyl (C=O) groups excluding carboxylic acids is 1. The summed E-state index contributed by atoms with van der Waals surface area (Å²) in [5.41, 5.74) is 5.45. The highest BCUT2D eigenvalue weighted by Crippen LogP contribution is 2.28. The van der Waals surface area contributed by atoms with Crippen molar-refractivity contribution in [2.45, 2.75) is 57.5 Å². The van der Waals surface area contributed by atoms with Gasteiger partial charge in [0, 0.05) is 26.1 Å². The fourth-order valence-electron chi connectivity index (χ4n) is 3.20. The van der Waals surface area contributed by atoms with Gasteiger partial charge in [-0.15, -0.1) is 12.4 Å². The minimum absolute atomic E-state index is 0. The lowest BCUT2D eigenvalue weighted by Gasteiger charge is -2.32. The maximum Gasteiger partial charge on any atom is 0.222 e. The standard InChI is InChI=1S/C15H28N2O2.ClH/c16-8-3-11-19-14-6-9-17(10-7-14)15(18)12-13-4-1-2-5-13;/h13-14H,1-12,16H2;1H. The minimum Gasteiger partial charge on any atom is -0.378 e. The highest BCUT2D eigenvalue weighted by Gasteiger charge is 2.26. The van der Waals surface area contributed by atoms with Crippen molar-refractivity contribution in [3.05, 3.63) is 0 Å². The van der Waals surface area contributed by atoms with Gasteiger partial charge in [0.15, 0.2) is 0 Å². The second kappa shape index (κ2) is 9.59. The lowest BCUT2D eigenvalue weighted by atomic mass is 10.0. The Bertz CT molecular complexity index is 275. The molecule has 0 aromatic heterocycles. The van der Waals surface area contributed by atoms with E-state index in [0.29, 0.717) is 24.5 Å². The summed E-state index contributed by atoms with van der Waals surface area (Å²) in [5.74, 6) is 1.03. The van der Waals surface area contributed by atoms with Crippen LogP contribution in [0.2, 0.25) is 0 Å². The number of nitrogens with two attached hydrogens (primary N) is 1. The van der Waals surface area contributed by atoms with Crippen LogP contribution in [0.15, 0.2) is 0 Å². The number of ether oxygens (including phenoxy) is 1. The maximum atomic E-state index is 12.2. The second-order valence-corrected chi connectivity index (χ2v) is 5.95. The molecule has 1 saturated heterocycles. The molecule has 2 rings (SSSR count). The number of carbonyl (C=O) groups is 1. The number of piperidine rings is 1. The molecule has 2 fully saturated rings. The fourth-order valence-corrected chi connectivity index (χ4v) is 3.20. The summed E-state index contributed by atoms with van der Waals surface area (Å²) in [6, 6.07) is 0. The highest BCUT2D eigenvalue weighted by molar-refractivity contribution is 5.85. The van der Waals surface area contributed by atoms with E-state index in [0.717, 1.165) is 45.4 Å². The lowest BCUT2D eigenvalue weighted by molar-refractivity contribution is -0.134. The molecule has 1 saturated carbocycles. The van der Waals surface area contributed by atoms with Gasteiger partial charge in [0.2, 0.25) is 5.91 Å². The van der Waals surface area contributed by atoms with E-state index in [9.17, 15) is 4.79 Å². The van der Waals surface area contributed by atoms with Crippen LogP contribution in [0.3, 0.4) is 0 Å². The average Bonchev–Trinajstić information content (AvgIpc) is 2.93. The van der Waals surface area contributed by atoms with Crippen LogP contribution in [0, 0.1) is 5.92 Å². The first-order valence-corrected chi connectivity index (χ1v) is 7.89. The van der Waals surface area contributed by atoms with Crippen molar-refractivity contribution in [2.75, 3.05) is 26.2 Å². The van der Waals surface area contributed by atoms with Crippen LogP contribution in [0.4, 0.5) is 0 Å². The smallest absolute Gasteiger partial charge is 0.222 e. The number of rotatable bonds is 6. The fraction of sp³-hybridized carbons (Fsp3) is 0.933. The third kappa shape index (κ3) is 5.58. The molecule has 1 heterocycles. The van der Waals surface area contributed by atoms with Gasteiger partial charge in [-0.2, -0.15) is 0 Å². The quantitative estimate of drug-likeness (QED) is 0.766. The van der Waals surface area contributed by atoms with Crippen LogP contribution in [-0.2, 0) is 9.53 Å². The number of likely N-dealkylation sites (tertiary alicyclic amines) is 1. The van der Waals surface area contributed by atoms with Gasteiger partial charge in [0.25, 0.3) is 0 Å². The Morgan fingerprint density at radius 2 is 1.80 bits per heavy atom. The summed E-state index contributed by atoms with van der Waals surface area (Å²) in [5, 5.41) is 0. The zero-order valence-corrected chi connectivity index (χ0v) is 13.2. The van der Waals surface area contributed by atoms with E-state index in [4.69, 9.17) is 10.5 Å². The Morgan fingerprint density at radius 3 is 2.40 bits per heavy atom. The highest BCUT2D eigenvalue weighted by atomic mass is 35.5. The van der Waals surface area contributed by atoms with Gasteiger partial charge >= 0.3 is 0 Å². The molecule has 2 N–H and O–H groups in total. The monoisotopic (exact) mass is 304 g/mol. The molecule has 0 aromatic carbocycles. The Balaban J connectivity index is 0.00000200. The summed E-state index contributed by atoms with van der Waals surface area (Å²) < 4.78 is 5.77. The molecule has 0 bridgehead atoms. The van der Waals surface area contributed by atoms with E-state index in [1.54, 1.807) is 0 Å². The largest absolute Gasteiger partial charge is 0.378 e. The summed E-state index contributed by atoms with van der Waals surface area (Å²) in [4.78, 5) is 14.2. The van der Waals surface area contributed by atoms with Gasteiger partial charge in [-0.3, -0.25) is 4.79 Å². The zero-order valence-electron chi connectivity index (χ0n) is 12.4. The van der Waals surface area contributed by atoms with Crippen molar-refractivity contribution in [1.82, 2.24) is 4.90 Å². The summed E-state index contributed by atoms with van der Waals surface area (Å²) >= 11 is 0. The number of hydrogen-bond donors (Lipinski definition) is 1. The van der Waals surface area contributed by atoms with Gasteiger partial charge in [-0.05, 0) is 44.6 Å². The number of hydrogen-bond acceptors (Lipinski definition) is 3. The van der Waals surface area contributed by atoms with Crippen LogP contribution >= 0.6 is 12.4 Å². The van der Waals surface area contributed by atoms with Crippen LogP contribution in [0.5, 0.6) is 0 Å². The molecule has 4 nitrogen and oxygen atoms in total. The molecule has 0 atom stereocenters. The Morgan fingerprint density at radius 1 is 1.15 bits per heavy atom. The van der Waals surface area contributed by atoms with E-state index in [2.05, 4.69) is 0 Å². The number of nitrogens with zero attached hydrogens (tertiary/aromatic N) is 1. The molecule has 0 radical (unpaired) electrons. The van der Waals surface area contributed by atoms with Crippen LogP contribution in [0.1, 0.15) is 51.4 Å². The van der Waals surface area contributed by atoms with Crippen molar-refractivity contribution in [1.29, 1.82) is 0 Å². The molecule has 118 valence electrons. The Hall–Kier alpha value is -0.320. The van der Waals surface area contributed by atoms with Crippen molar-refractivity contribution >= 4 is 18.3 Å². The molecular weight excluding hydrogens is 276 g/mol. The first-order valence-electron chi connectivity index (χ1n) is 7.89. The topological polar surface area (TPSA) is 55.6 Å². The molecule has 20 heavy (non-hydrogen) atoms. The van der Waals surface area contributed by atoms with E-state index in [1.165, 1.54) is 25.7 Å². The summed E-state index contributed by atoms with van der Waals surface area (Å²) in [7, 11) is 0. The van der Waals surface area contributed by atoms with Crippen LogP contribution < -0.4 is 5.73 Å². The lowest BCUT2D eigenvalue weighted by Crippen LogP contribution is -2.41. The molecular formula is C15H29ClN2O2. The third-order valence-electron chi connectivity index (χ3n) is 4.43. The van der Waals surface area contributed by atoms with Crippen molar-refractivity contribution < 1.29 is 9.53 Å². The van der Waals surface area contributed by atoms with Crippen molar-refractivity contribution in [2.24, 2.45) is 11.7 Å². The summed E-state index contributed by atoms with van der Waals surface area (Å²) in [6.45, 7) is 3.20. The predicted octanol–water partition coefficient (Wildman–Crippen LogP) is 2.34. The predicted molar refractivity (Wildman–Crippen MR) is 83.0 cm³/mol. The Labute approximate surface area is 128 Å². The molecule has 0 aromatic rings. The molecule has 0 unspecified atom stereocenters. The Kier molecular flexibility index (Phi) is 8.50. The molecule has 5 heteroatoms. The second-order valence-electron chi connectivity index (χ2n) is 5.95. The third-order valence-corrected chi connectivity index (χ3v) is 4.43. The van der Waals surface area contributed by atoms with Gasteiger partial charge in [0.05, 0.1) is 6.10 Å². The van der Waals surface area contributed by atoms with Crippen molar-refractivity contribution in [3.63, 3.8) is 0 Å². The average molecular weight is 305 g/mol. The maximum absolute atomic E-state index is 12.2. The number of halogens is 1. The van der Waals surface area contributed by atoms with Gasteiger partial charge in [-0.1, -0.05) is 12.8 Å². The molecule has 1 aliphatic heterocycles. The first kappa shape index (κ1) is 17.7. The van der Waals surface area contributed by atoms with E-state index in [1.807, 2.05) is 4.90 Å². The van der Waals surface area contributed by atoms with E-state index >= 15 is 0 Å². The molecule has 0 spiro atoms. The van der Waals surface area contributed by atoms with Crippen molar-refractivity contribution in [3.8, 4) is 0 Å². The molecule has 1 amide bonds. The normalized spacial score (nSPS) is 20.9. The van der Waals surface area contributed by atoms with E-state index < -0.39 is 0 Å². The van der Waals surface area contributed by atoms with Crippen LogP contribution in [-0.4, -0.2) is 43.2 Å². The van der Waals surface area contributed by atoms with Gasteiger partial charge < -0.3 is 15.4 Å². The van der Waals surface area contributed by atoms with Gasteiger partial charge in [-0.25, -0.2) is 0 Å². The van der Waals surface area contributed by atoms with E-state index in [-0.39, 0.29) is 12.4 Å². The summed E-state index contributed by atoms with van der Waals surface area (Å²) in [6.07, 6.45) is 9.15. The van der Waals surface area contributed by atoms with Crippen LogP contribution in [0.25, 0.3) is 0 Å². The minimum atomic E-state index is 0. The zero-order chi connectivity index (χ0) is 13.5.